The van der Waals surface area contributed by atoms with Gasteiger partial charge in [-0.15, -0.1) is 0 Å². The van der Waals surface area contributed by atoms with Crippen LogP contribution in [0.2, 0.25) is 0 Å². The van der Waals surface area contributed by atoms with Crippen molar-refractivity contribution in [3.8, 4) is 0 Å². The van der Waals surface area contributed by atoms with E-state index in [0.29, 0.717) is 19.0 Å². The molecule has 0 aromatic rings. The smallest absolute Gasteiger partial charge is 0.310 e. The van der Waals surface area contributed by atoms with Crippen LogP contribution in [-0.4, -0.2) is 35.1 Å². The molecule has 0 bridgehead atoms. The highest BCUT2D eigenvalue weighted by atomic mass is 16.4. The molecule has 3 heteroatoms. The number of hydrogen-bond donors (Lipinski definition) is 1. The zero-order chi connectivity index (χ0) is 11.5. The van der Waals surface area contributed by atoms with Gasteiger partial charge >= 0.3 is 5.97 Å². The van der Waals surface area contributed by atoms with Crippen LogP contribution in [0.4, 0.5) is 0 Å². The van der Waals surface area contributed by atoms with Gasteiger partial charge in [0.2, 0.25) is 0 Å². The molecule has 3 nitrogen and oxygen atoms in total. The molecule has 0 heterocycles. The first-order valence-corrected chi connectivity index (χ1v) is 6.01. The minimum absolute atomic E-state index is 0.572. The number of nitrogens with zero attached hydrogens (tertiary/aromatic N) is 1. The van der Waals surface area contributed by atoms with Gasteiger partial charge in [0.15, 0.2) is 0 Å². The molecule has 0 amide bonds. The monoisotopic (exact) mass is 213 g/mol. The molecule has 0 aromatic carbocycles. The van der Waals surface area contributed by atoms with Crippen molar-refractivity contribution in [2.45, 2.75) is 52.5 Å². The van der Waals surface area contributed by atoms with Gasteiger partial charge in [-0.1, -0.05) is 13.8 Å². The lowest BCUT2D eigenvalue weighted by atomic mass is 9.87. The van der Waals surface area contributed by atoms with E-state index >= 15 is 0 Å². The van der Waals surface area contributed by atoms with Crippen molar-refractivity contribution in [3.63, 3.8) is 0 Å². The second-order valence-corrected chi connectivity index (χ2v) is 4.92. The molecule has 1 atom stereocenters. The third-order valence-corrected chi connectivity index (χ3v) is 3.42. The lowest BCUT2D eigenvalue weighted by molar-refractivity contribution is -0.149. The Morgan fingerprint density at radius 1 is 1.47 bits per heavy atom. The number of carbonyl (C=O) groups is 1. The molecule has 1 saturated carbocycles. The Hall–Kier alpha value is -0.570. The van der Waals surface area contributed by atoms with Crippen LogP contribution in [0.15, 0.2) is 0 Å². The van der Waals surface area contributed by atoms with Crippen LogP contribution in [0.3, 0.4) is 0 Å². The number of carboxylic acid groups (broad SMARTS) is 1. The van der Waals surface area contributed by atoms with E-state index in [0.717, 1.165) is 13.0 Å². The molecule has 1 unspecified atom stereocenters. The first-order valence-electron chi connectivity index (χ1n) is 6.01. The molecule has 0 spiro atoms. The van der Waals surface area contributed by atoms with Crippen LogP contribution in [-0.2, 0) is 4.79 Å². The van der Waals surface area contributed by atoms with Crippen molar-refractivity contribution < 1.29 is 9.90 Å². The zero-order valence-electron chi connectivity index (χ0n) is 10.1. The minimum atomic E-state index is -0.660. The summed E-state index contributed by atoms with van der Waals surface area (Å²) >= 11 is 0. The predicted molar refractivity (Wildman–Crippen MR) is 60.9 cm³/mol. The van der Waals surface area contributed by atoms with Crippen LogP contribution in [0.1, 0.15) is 46.5 Å². The molecule has 0 saturated heterocycles. The Morgan fingerprint density at radius 3 is 2.40 bits per heavy atom. The first-order chi connectivity index (χ1) is 7.03. The maximum Gasteiger partial charge on any atom is 0.310 e. The lowest BCUT2D eigenvalue weighted by Gasteiger charge is -2.31. The fourth-order valence-corrected chi connectivity index (χ4v) is 1.90. The van der Waals surface area contributed by atoms with Gasteiger partial charge in [-0.3, -0.25) is 9.69 Å². The van der Waals surface area contributed by atoms with Gasteiger partial charge in [0.05, 0.1) is 5.41 Å². The molecule has 0 aliphatic heterocycles. The highest BCUT2D eigenvalue weighted by Crippen LogP contribution is 2.31. The number of carboxylic acids is 1. The van der Waals surface area contributed by atoms with Crippen molar-refractivity contribution >= 4 is 5.97 Å². The number of rotatable bonds is 7. The van der Waals surface area contributed by atoms with Crippen molar-refractivity contribution in [3.05, 3.63) is 0 Å². The van der Waals surface area contributed by atoms with E-state index in [1.165, 1.54) is 12.8 Å². The summed E-state index contributed by atoms with van der Waals surface area (Å²) in [5.74, 6) is -0.660. The van der Waals surface area contributed by atoms with Gasteiger partial charge in [0, 0.05) is 12.6 Å². The molecule has 88 valence electrons. The molecule has 15 heavy (non-hydrogen) atoms. The third kappa shape index (κ3) is 3.20. The summed E-state index contributed by atoms with van der Waals surface area (Å²) in [5.41, 5.74) is -0.572. The third-order valence-electron chi connectivity index (χ3n) is 3.42. The summed E-state index contributed by atoms with van der Waals surface area (Å²) < 4.78 is 0. The van der Waals surface area contributed by atoms with E-state index in [-0.39, 0.29) is 0 Å². The topological polar surface area (TPSA) is 40.5 Å². The molecular weight excluding hydrogens is 190 g/mol. The fourth-order valence-electron chi connectivity index (χ4n) is 1.90. The summed E-state index contributed by atoms with van der Waals surface area (Å²) in [6, 6.07) is 0.662. The standard InChI is InChI=1S/C12H23NO2/c1-4-8-13(10-6-7-10)9-12(3,5-2)11(14)15/h10H,4-9H2,1-3H3,(H,14,15). The van der Waals surface area contributed by atoms with Gasteiger partial charge in [-0.2, -0.15) is 0 Å². The molecule has 1 fully saturated rings. The molecule has 1 aliphatic rings. The van der Waals surface area contributed by atoms with E-state index in [1.54, 1.807) is 0 Å². The molecule has 0 aromatic heterocycles. The Morgan fingerprint density at radius 2 is 2.07 bits per heavy atom. The average molecular weight is 213 g/mol. The molecule has 1 rings (SSSR count). The normalized spacial score (nSPS) is 20.3. The Balaban J connectivity index is 2.57. The number of aliphatic carboxylic acids is 1. The second-order valence-electron chi connectivity index (χ2n) is 4.92. The van der Waals surface area contributed by atoms with Crippen LogP contribution >= 0.6 is 0 Å². The summed E-state index contributed by atoms with van der Waals surface area (Å²) in [4.78, 5) is 13.6. The van der Waals surface area contributed by atoms with Crippen molar-refractivity contribution in [2.75, 3.05) is 13.1 Å². The van der Waals surface area contributed by atoms with E-state index in [4.69, 9.17) is 0 Å². The summed E-state index contributed by atoms with van der Waals surface area (Å²) in [5, 5.41) is 9.23. The second kappa shape index (κ2) is 4.97. The quantitative estimate of drug-likeness (QED) is 0.705. The Labute approximate surface area is 92.5 Å². The molecule has 1 N–H and O–H groups in total. The lowest BCUT2D eigenvalue weighted by Crippen LogP contribution is -2.42. The maximum absolute atomic E-state index is 11.2. The Kier molecular flexibility index (Phi) is 4.14. The SMILES string of the molecule is CCCN(CC(C)(CC)C(=O)O)C1CC1. The highest BCUT2D eigenvalue weighted by Gasteiger charge is 2.37. The predicted octanol–water partition coefficient (Wildman–Crippen LogP) is 2.36. The zero-order valence-corrected chi connectivity index (χ0v) is 10.1. The van der Waals surface area contributed by atoms with Gasteiger partial charge in [0.25, 0.3) is 0 Å². The Bertz CT molecular complexity index is 226. The molecule has 0 radical (unpaired) electrons. The average Bonchev–Trinajstić information content (AvgIpc) is 3.00. The van der Waals surface area contributed by atoms with Crippen LogP contribution in [0, 0.1) is 5.41 Å². The van der Waals surface area contributed by atoms with Gasteiger partial charge in [0.1, 0.15) is 0 Å². The summed E-state index contributed by atoms with van der Waals surface area (Å²) in [7, 11) is 0. The molecular formula is C12H23NO2. The van der Waals surface area contributed by atoms with Crippen molar-refractivity contribution in [2.24, 2.45) is 5.41 Å². The molecule has 1 aliphatic carbocycles. The van der Waals surface area contributed by atoms with Gasteiger partial charge in [-0.25, -0.2) is 0 Å². The largest absolute Gasteiger partial charge is 0.481 e. The van der Waals surface area contributed by atoms with Gasteiger partial charge < -0.3 is 5.11 Å². The van der Waals surface area contributed by atoms with Gasteiger partial charge in [-0.05, 0) is 39.2 Å². The summed E-state index contributed by atoms with van der Waals surface area (Å²) in [6.45, 7) is 7.72. The number of hydrogen-bond acceptors (Lipinski definition) is 2. The summed E-state index contributed by atoms with van der Waals surface area (Å²) in [6.07, 6.45) is 4.31. The van der Waals surface area contributed by atoms with Crippen LogP contribution in [0.25, 0.3) is 0 Å². The van der Waals surface area contributed by atoms with E-state index in [1.807, 2.05) is 13.8 Å². The van der Waals surface area contributed by atoms with Crippen molar-refractivity contribution in [1.82, 2.24) is 4.90 Å². The van der Waals surface area contributed by atoms with Crippen LogP contribution < -0.4 is 0 Å². The van der Waals surface area contributed by atoms with E-state index < -0.39 is 11.4 Å². The first kappa shape index (κ1) is 12.5. The van der Waals surface area contributed by atoms with E-state index in [2.05, 4.69) is 11.8 Å². The van der Waals surface area contributed by atoms with Crippen molar-refractivity contribution in [1.29, 1.82) is 0 Å². The van der Waals surface area contributed by atoms with Crippen LogP contribution in [0.5, 0.6) is 0 Å². The van der Waals surface area contributed by atoms with E-state index in [9.17, 15) is 9.90 Å². The minimum Gasteiger partial charge on any atom is -0.481 e. The fraction of sp³-hybridized carbons (Fsp3) is 0.917. The maximum atomic E-state index is 11.2. The highest BCUT2D eigenvalue weighted by molar-refractivity contribution is 5.74.